The summed E-state index contributed by atoms with van der Waals surface area (Å²) in [4.78, 5) is 22.1. The predicted octanol–water partition coefficient (Wildman–Crippen LogP) is -0.539. The molecule has 1 fully saturated rings. The van der Waals surface area contributed by atoms with Gasteiger partial charge in [-0.2, -0.15) is 0 Å². The SMILES string of the molecule is CC(=O)C1C(=O)NC(C)CC1O. The van der Waals surface area contributed by atoms with E-state index in [9.17, 15) is 14.7 Å². The van der Waals surface area contributed by atoms with E-state index in [-0.39, 0.29) is 17.7 Å². The van der Waals surface area contributed by atoms with E-state index >= 15 is 0 Å². The van der Waals surface area contributed by atoms with Gasteiger partial charge in [0.15, 0.2) is 0 Å². The number of ketones is 1. The van der Waals surface area contributed by atoms with Crippen molar-refractivity contribution in [2.24, 2.45) is 5.92 Å². The average molecular weight is 171 g/mol. The predicted molar refractivity (Wildman–Crippen MR) is 42.4 cm³/mol. The molecule has 3 unspecified atom stereocenters. The second kappa shape index (κ2) is 3.23. The van der Waals surface area contributed by atoms with Crippen LogP contribution in [-0.2, 0) is 9.59 Å². The Morgan fingerprint density at radius 3 is 2.67 bits per heavy atom. The van der Waals surface area contributed by atoms with Gasteiger partial charge in [-0.1, -0.05) is 0 Å². The monoisotopic (exact) mass is 171 g/mol. The summed E-state index contributed by atoms with van der Waals surface area (Å²) in [5.41, 5.74) is 0. The Morgan fingerprint density at radius 2 is 2.25 bits per heavy atom. The molecule has 1 rings (SSSR count). The van der Waals surface area contributed by atoms with E-state index in [1.807, 2.05) is 0 Å². The third-order valence-corrected chi connectivity index (χ3v) is 2.09. The fourth-order valence-corrected chi connectivity index (χ4v) is 1.52. The maximum atomic E-state index is 11.2. The number of hydrogen-bond acceptors (Lipinski definition) is 3. The molecule has 4 nitrogen and oxygen atoms in total. The highest BCUT2D eigenvalue weighted by Gasteiger charge is 2.36. The van der Waals surface area contributed by atoms with E-state index in [0.29, 0.717) is 6.42 Å². The third-order valence-electron chi connectivity index (χ3n) is 2.09. The summed E-state index contributed by atoms with van der Waals surface area (Å²) in [7, 11) is 0. The molecule has 1 aliphatic heterocycles. The molecular formula is C8H13NO3. The molecule has 1 heterocycles. The minimum absolute atomic E-state index is 0.0388. The van der Waals surface area contributed by atoms with Gasteiger partial charge in [-0.05, 0) is 20.3 Å². The van der Waals surface area contributed by atoms with Crippen molar-refractivity contribution < 1.29 is 14.7 Å². The van der Waals surface area contributed by atoms with Crippen LogP contribution in [0.1, 0.15) is 20.3 Å². The van der Waals surface area contributed by atoms with Gasteiger partial charge in [0.05, 0.1) is 6.10 Å². The van der Waals surface area contributed by atoms with Gasteiger partial charge in [0, 0.05) is 6.04 Å². The lowest BCUT2D eigenvalue weighted by Gasteiger charge is -2.29. The van der Waals surface area contributed by atoms with Gasteiger partial charge in [0.1, 0.15) is 11.7 Å². The fraction of sp³-hybridized carbons (Fsp3) is 0.750. The molecule has 2 N–H and O–H groups in total. The summed E-state index contributed by atoms with van der Waals surface area (Å²) < 4.78 is 0. The number of rotatable bonds is 1. The minimum atomic E-state index is -0.860. The van der Waals surface area contributed by atoms with Crippen LogP contribution in [0.5, 0.6) is 0 Å². The zero-order valence-electron chi connectivity index (χ0n) is 7.20. The van der Waals surface area contributed by atoms with E-state index in [0.717, 1.165) is 0 Å². The molecule has 0 radical (unpaired) electrons. The van der Waals surface area contributed by atoms with Crippen LogP contribution >= 0.6 is 0 Å². The third kappa shape index (κ3) is 1.64. The maximum Gasteiger partial charge on any atom is 0.233 e. The molecule has 0 aromatic rings. The summed E-state index contributed by atoms with van der Waals surface area (Å²) in [5, 5.41) is 12.0. The number of aliphatic hydroxyl groups is 1. The Kier molecular flexibility index (Phi) is 2.47. The molecule has 12 heavy (non-hydrogen) atoms. The zero-order chi connectivity index (χ0) is 9.30. The van der Waals surface area contributed by atoms with Gasteiger partial charge in [-0.25, -0.2) is 0 Å². The van der Waals surface area contributed by atoms with E-state index in [1.54, 1.807) is 6.92 Å². The number of piperidine rings is 1. The van der Waals surface area contributed by atoms with Crippen LogP contribution in [0.15, 0.2) is 0 Å². The van der Waals surface area contributed by atoms with Crippen LogP contribution in [0.2, 0.25) is 0 Å². The van der Waals surface area contributed by atoms with Crippen LogP contribution in [0.4, 0.5) is 0 Å². The maximum absolute atomic E-state index is 11.2. The van der Waals surface area contributed by atoms with Gasteiger partial charge < -0.3 is 10.4 Å². The lowest BCUT2D eigenvalue weighted by molar-refractivity contribution is -0.141. The molecule has 1 saturated heterocycles. The second-order valence-corrected chi connectivity index (χ2v) is 3.30. The first-order valence-corrected chi connectivity index (χ1v) is 4.01. The van der Waals surface area contributed by atoms with Gasteiger partial charge in [0.25, 0.3) is 0 Å². The summed E-state index contributed by atoms with van der Waals surface area (Å²) >= 11 is 0. The highest BCUT2D eigenvalue weighted by atomic mass is 16.3. The number of carbonyl (C=O) groups excluding carboxylic acids is 2. The van der Waals surface area contributed by atoms with E-state index < -0.39 is 12.0 Å². The molecule has 1 amide bonds. The number of nitrogens with one attached hydrogen (secondary N) is 1. The number of carbonyl (C=O) groups is 2. The minimum Gasteiger partial charge on any atom is -0.392 e. The number of hydrogen-bond donors (Lipinski definition) is 2. The van der Waals surface area contributed by atoms with Crippen molar-refractivity contribution in [2.75, 3.05) is 0 Å². The first-order valence-electron chi connectivity index (χ1n) is 4.01. The Labute approximate surface area is 71.0 Å². The number of aliphatic hydroxyl groups excluding tert-OH is 1. The topological polar surface area (TPSA) is 66.4 Å². The molecule has 0 aliphatic carbocycles. The Hall–Kier alpha value is -0.900. The normalized spacial score (nSPS) is 35.9. The first-order chi connectivity index (χ1) is 5.52. The van der Waals surface area contributed by atoms with Crippen molar-refractivity contribution in [1.82, 2.24) is 5.32 Å². The highest BCUT2D eigenvalue weighted by Crippen LogP contribution is 2.16. The summed E-state index contributed by atoms with van der Waals surface area (Å²) in [6.07, 6.45) is -0.359. The van der Waals surface area contributed by atoms with Crippen LogP contribution in [0.3, 0.4) is 0 Å². The summed E-state index contributed by atoms with van der Waals surface area (Å²) in [6, 6.07) is -0.0388. The molecule has 3 atom stereocenters. The average Bonchev–Trinajstić information content (AvgIpc) is 1.82. The molecule has 1 aliphatic rings. The first kappa shape index (κ1) is 9.19. The van der Waals surface area contributed by atoms with E-state index in [1.165, 1.54) is 6.92 Å². The smallest absolute Gasteiger partial charge is 0.233 e. The van der Waals surface area contributed by atoms with Crippen molar-refractivity contribution in [1.29, 1.82) is 0 Å². The van der Waals surface area contributed by atoms with Gasteiger partial charge in [-0.3, -0.25) is 9.59 Å². The Bertz CT molecular complexity index is 214. The lowest BCUT2D eigenvalue weighted by atomic mass is 9.89. The van der Waals surface area contributed by atoms with Crippen LogP contribution in [-0.4, -0.2) is 28.9 Å². The largest absolute Gasteiger partial charge is 0.392 e. The van der Waals surface area contributed by atoms with Crippen molar-refractivity contribution in [3.8, 4) is 0 Å². The zero-order valence-corrected chi connectivity index (χ0v) is 7.20. The number of Topliss-reactive ketones (excluding diaryl/α,β-unsaturated/α-hetero) is 1. The molecule has 0 saturated carbocycles. The highest BCUT2D eigenvalue weighted by molar-refractivity contribution is 6.01. The van der Waals surface area contributed by atoms with Crippen LogP contribution < -0.4 is 5.32 Å². The summed E-state index contributed by atoms with van der Waals surface area (Å²) in [5.74, 6) is -1.48. The fourth-order valence-electron chi connectivity index (χ4n) is 1.52. The molecule has 0 aromatic heterocycles. The second-order valence-electron chi connectivity index (χ2n) is 3.30. The molecular weight excluding hydrogens is 158 g/mol. The standard InChI is InChI=1S/C8H13NO3/c1-4-3-6(11)7(5(2)10)8(12)9-4/h4,6-7,11H,3H2,1-2H3,(H,9,12). The molecule has 0 bridgehead atoms. The van der Waals surface area contributed by atoms with Gasteiger partial charge >= 0.3 is 0 Å². The molecule has 0 spiro atoms. The van der Waals surface area contributed by atoms with Crippen LogP contribution in [0.25, 0.3) is 0 Å². The van der Waals surface area contributed by atoms with Crippen LogP contribution in [0, 0.1) is 5.92 Å². The van der Waals surface area contributed by atoms with Gasteiger partial charge in [-0.15, -0.1) is 0 Å². The van der Waals surface area contributed by atoms with Crippen molar-refractivity contribution in [3.05, 3.63) is 0 Å². The van der Waals surface area contributed by atoms with E-state index in [4.69, 9.17) is 0 Å². The number of amides is 1. The molecule has 4 heteroatoms. The Morgan fingerprint density at radius 1 is 1.67 bits per heavy atom. The Balaban J connectivity index is 2.73. The lowest BCUT2D eigenvalue weighted by Crippen LogP contribution is -2.52. The quantitative estimate of drug-likeness (QED) is 0.521. The van der Waals surface area contributed by atoms with Gasteiger partial charge in [0.2, 0.25) is 5.91 Å². The van der Waals surface area contributed by atoms with E-state index in [2.05, 4.69) is 5.32 Å². The summed E-state index contributed by atoms with van der Waals surface area (Å²) in [6.45, 7) is 3.13. The van der Waals surface area contributed by atoms with Crippen molar-refractivity contribution >= 4 is 11.7 Å². The molecule has 0 aromatic carbocycles. The molecule has 68 valence electrons. The van der Waals surface area contributed by atoms with Crippen molar-refractivity contribution in [2.45, 2.75) is 32.4 Å². The van der Waals surface area contributed by atoms with Crippen molar-refractivity contribution in [3.63, 3.8) is 0 Å².